The minimum absolute atomic E-state index is 0.415. The fourth-order valence-electron chi connectivity index (χ4n) is 1.90. The third kappa shape index (κ3) is 2.49. The minimum atomic E-state index is -0.543. The van der Waals surface area contributed by atoms with Crippen LogP contribution in [0.4, 0.5) is 0 Å². The summed E-state index contributed by atoms with van der Waals surface area (Å²) in [7, 11) is 1.55. The number of methoxy groups -OCH3 is 1. The molecule has 2 aromatic heterocycles. The van der Waals surface area contributed by atoms with E-state index in [0.29, 0.717) is 28.5 Å². The number of ether oxygens (including phenoxy) is 1. The zero-order chi connectivity index (χ0) is 13.3. The van der Waals surface area contributed by atoms with E-state index in [-0.39, 0.29) is 0 Å². The van der Waals surface area contributed by atoms with Crippen LogP contribution in [-0.4, -0.2) is 26.6 Å². The number of aromatic nitrogens is 3. The molecule has 0 aromatic carbocycles. The number of aliphatic hydroxyl groups is 1. The second kappa shape index (κ2) is 5.24. The van der Waals surface area contributed by atoms with Gasteiger partial charge in [-0.15, -0.1) is 0 Å². The van der Waals surface area contributed by atoms with Gasteiger partial charge in [-0.1, -0.05) is 13.8 Å². The highest BCUT2D eigenvalue weighted by atomic mass is 79.9. The van der Waals surface area contributed by atoms with E-state index in [4.69, 9.17) is 4.74 Å². The summed E-state index contributed by atoms with van der Waals surface area (Å²) in [6, 6.07) is 0. The number of hydrogen-bond acceptors (Lipinski definition) is 4. The number of rotatable bonds is 4. The zero-order valence-electron chi connectivity index (χ0n) is 10.6. The first-order valence-electron chi connectivity index (χ1n) is 5.78. The molecular weight excluding hydrogens is 298 g/mol. The average molecular weight is 314 g/mol. The van der Waals surface area contributed by atoms with Gasteiger partial charge in [-0.25, -0.2) is 9.97 Å². The molecule has 0 aliphatic carbocycles. The van der Waals surface area contributed by atoms with Crippen LogP contribution in [0.25, 0.3) is 5.65 Å². The van der Waals surface area contributed by atoms with Crippen LogP contribution in [0, 0.1) is 5.92 Å². The molecule has 0 spiro atoms. The summed E-state index contributed by atoms with van der Waals surface area (Å²) in [5.74, 6) is 0.852. The molecule has 6 heteroatoms. The average Bonchev–Trinajstić information content (AvgIpc) is 2.70. The molecule has 5 nitrogen and oxygen atoms in total. The monoisotopic (exact) mass is 313 g/mol. The Morgan fingerprint density at radius 1 is 1.50 bits per heavy atom. The van der Waals surface area contributed by atoms with Gasteiger partial charge in [-0.3, -0.25) is 4.40 Å². The molecule has 0 saturated heterocycles. The highest BCUT2D eigenvalue weighted by Crippen LogP contribution is 2.26. The first-order valence-corrected chi connectivity index (χ1v) is 6.57. The fraction of sp³-hybridized carbons (Fsp3) is 0.500. The Morgan fingerprint density at radius 2 is 2.22 bits per heavy atom. The Hall–Kier alpha value is -1.14. The number of fused-ring (bicyclic) bond motifs is 1. The molecule has 0 bridgehead atoms. The number of hydrogen-bond donors (Lipinski definition) is 1. The molecule has 1 N–H and O–H groups in total. The van der Waals surface area contributed by atoms with Crippen molar-refractivity contribution >= 4 is 21.6 Å². The molecule has 2 heterocycles. The van der Waals surface area contributed by atoms with Gasteiger partial charge in [-0.2, -0.15) is 0 Å². The van der Waals surface area contributed by atoms with Gasteiger partial charge in [0, 0.05) is 6.20 Å². The van der Waals surface area contributed by atoms with Crippen LogP contribution in [0.3, 0.4) is 0 Å². The highest BCUT2D eigenvalue weighted by Gasteiger charge is 2.17. The summed E-state index contributed by atoms with van der Waals surface area (Å²) in [6.45, 7) is 4.15. The molecule has 1 unspecified atom stereocenters. The maximum atomic E-state index is 10.2. The molecule has 0 radical (unpaired) electrons. The summed E-state index contributed by atoms with van der Waals surface area (Å²) < 4.78 is 7.63. The molecule has 0 saturated carbocycles. The van der Waals surface area contributed by atoms with Gasteiger partial charge in [0.15, 0.2) is 0 Å². The van der Waals surface area contributed by atoms with E-state index in [1.807, 2.05) is 4.40 Å². The number of aliphatic hydroxyl groups excluding tert-OH is 1. The molecule has 0 amide bonds. The van der Waals surface area contributed by atoms with Gasteiger partial charge in [0.25, 0.3) is 5.88 Å². The number of halogens is 1. The second-order valence-electron chi connectivity index (χ2n) is 4.59. The third-order valence-corrected chi connectivity index (χ3v) is 3.07. The largest absolute Gasteiger partial charge is 0.478 e. The Kier molecular flexibility index (Phi) is 3.87. The lowest BCUT2D eigenvalue weighted by Gasteiger charge is -2.13. The van der Waals surface area contributed by atoms with Gasteiger partial charge in [-0.05, 0) is 28.3 Å². The summed E-state index contributed by atoms with van der Waals surface area (Å²) in [4.78, 5) is 8.44. The normalized spacial score (nSPS) is 13.2. The van der Waals surface area contributed by atoms with Crippen molar-refractivity contribution in [1.29, 1.82) is 0 Å². The Bertz CT molecular complexity index is 553. The summed E-state index contributed by atoms with van der Waals surface area (Å²) >= 11 is 3.32. The smallest absolute Gasteiger partial charge is 0.259 e. The standard InChI is InChI=1S/C12H16BrN3O2/c1-7(2)4-9(17)8-5-14-11-12(18-3)15-10(13)6-16(8)11/h5-7,9,17H,4H2,1-3H3. The zero-order valence-corrected chi connectivity index (χ0v) is 12.2. The molecule has 0 fully saturated rings. The molecule has 2 aromatic rings. The van der Waals surface area contributed by atoms with Crippen LogP contribution < -0.4 is 4.74 Å². The van der Waals surface area contributed by atoms with Crippen LogP contribution in [-0.2, 0) is 0 Å². The summed E-state index contributed by atoms with van der Waals surface area (Å²) in [5, 5.41) is 10.2. The van der Waals surface area contributed by atoms with Crippen LogP contribution in [0.5, 0.6) is 5.88 Å². The maximum absolute atomic E-state index is 10.2. The maximum Gasteiger partial charge on any atom is 0.259 e. The minimum Gasteiger partial charge on any atom is -0.478 e. The lowest BCUT2D eigenvalue weighted by Crippen LogP contribution is -2.06. The fourth-order valence-corrected chi connectivity index (χ4v) is 2.27. The van der Waals surface area contributed by atoms with Crippen molar-refractivity contribution in [2.45, 2.75) is 26.4 Å². The Morgan fingerprint density at radius 3 is 2.83 bits per heavy atom. The van der Waals surface area contributed by atoms with Crippen molar-refractivity contribution in [3.05, 3.63) is 22.7 Å². The molecule has 18 heavy (non-hydrogen) atoms. The third-order valence-electron chi connectivity index (χ3n) is 2.69. The predicted molar refractivity (Wildman–Crippen MR) is 71.7 cm³/mol. The van der Waals surface area contributed by atoms with E-state index in [2.05, 4.69) is 39.7 Å². The second-order valence-corrected chi connectivity index (χ2v) is 5.41. The quantitative estimate of drug-likeness (QED) is 0.942. The van der Waals surface area contributed by atoms with E-state index in [9.17, 15) is 5.11 Å². The molecule has 98 valence electrons. The molecule has 0 aliphatic rings. The topological polar surface area (TPSA) is 59.7 Å². The highest BCUT2D eigenvalue weighted by molar-refractivity contribution is 9.10. The van der Waals surface area contributed by atoms with E-state index >= 15 is 0 Å². The van der Waals surface area contributed by atoms with Crippen LogP contribution in [0.2, 0.25) is 0 Å². The van der Waals surface area contributed by atoms with Gasteiger partial charge in [0.2, 0.25) is 5.65 Å². The molecular formula is C12H16BrN3O2. The van der Waals surface area contributed by atoms with Crippen molar-refractivity contribution in [1.82, 2.24) is 14.4 Å². The number of imidazole rings is 1. The lowest BCUT2D eigenvalue weighted by atomic mass is 10.0. The van der Waals surface area contributed by atoms with Crippen molar-refractivity contribution in [2.75, 3.05) is 7.11 Å². The van der Waals surface area contributed by atoms with Gasteiger partial charge < -0.3 is 9.84 Å². The van der Waals surface area contributed by atoms with Crippen molar-refractivity contribution in [2.24, 2.45) is 5.92 Å². The van der Waals surface area contributed by atoms with Gasteiger partial charge in [0.05, 0.1) is 25.1 Å². The van der Waals surface area contributed by atoms with Crippen molar-refractivity contribution in [3.8, 4) is 5.88 Å². The van der Waals surface area contributed by atoms with E-state index in [1.54, 1.807) is 19.5 Å². The van der Waals surface area contributed by atoms with Crippen molar-refractivity contribution in [3.63, 3.8) is 0 Å². The van der Waals surface area contributed by atoms with E-state index < -0.39 is 6.10 Å². The molecule has 2 rings (SSSR count). The molecule has 1 atom stereocenters. The number of nitrogens with zero attached hydrogens (tertiary/aromatic N) is 3. The predicted octanol–water partition coefficient (Wildman–Crippen LogP) is 2.58. The Balaban J connectivity index is 2.50. The van der Waals surface area contributed by atoms with Crippen LogP contribution in [0.15, 0.2) is 17.0 Å². The van der Waals surface area contributed by atoms with Crippen LogP contribution >= 0.6 is 15.9 Å². The Labute approximate surface area is 114 Å². The lowest BCUT2D eigenvalue weighted by molar-refractivity contribution is 0.145. The van der Waals surface area contributed by atoms with Gasteiger partial charge in [0.1, 0.15) is 4.60 Å². The van der Waals surface area contributed by atoms with Crippen LogP contribution in [0.1, 0.15) is 32.1 Å². The summed E-state index contributed by atoms with van der Waals surface area (Å²) in [5.41, 5.74) is 1.36. The summed E-state index contributed by atoms with van der Waals surface area (Å²) in [6.07, 6.45) is 3.60. The van der Waals surface area contributed by atoms with E-state index in [1.165, 1.54) is 0 Å². The molecule has 0 aliphatic heterocycles. The van der Waals surface area contributed by atoms with E-state index in [0.717, 1.165) is 5.69 Å². The van der Waals surface area contributed by atoms with Gasteiger partial charge >= 0.3 is 0 Å². The first-order chi connectivity index (χ1) is 8.52. The van der Waals surface area contributed by atoms with Crippen molar-refractivity contribution < 1.29 is 9.84 Å². The SMILES string of the molecule is COc1nc(Br)cn2c(C(O)CC(C)C)cnc12. The first kappa shape index (κ1) is 13.3.